The molecule has 2 amide bonds. The van der Waals surface area contributed by atoms with Crippen LogP contribution >= 0.6 is 0 Å². The molecule has 0 radical (unpaired) electrons. The van der Waals surface area contributed by atoms with Crippen LogP contribution in [0.25, 0.3) is 11.4 Å². The fourth-order valence-electron chi connectivity index (χ4n) is 6.30. The number of methoxy groups -OCH3 is 1. The van der Waals surface area contributed by atoms with Crippen molar-refractivity contribution in [3.63, 3.8) is 0 Å². The number of halogens is 1. The van der Waals surface area contributed by atoms with Gasteiger partial charge in [0.1, 0.15) is 11.4 Å². The molecular formula is C43H49FN8O9S2. The van der Waals surface area contributed by atoms with E-state index in [1.165, 1.54) is 77.6 Å². The number of nitrogens with zero attached hydrogens (tertiary/aromatic N) is 8. The second kappa shape index (κ2) is 19.2. The SMILES string of the molecule is CC(C)(C)CN(Cc1cc(S(=O)(=O)c2ccccc2)n(-c2cccnc2F)n1)C(=O)O.COc1ncccc1-n1nc(CN(CC(C)(C)C)C(=O)O)cc1S(=O)(=O)c1ccccc1. The number of amides is 2. The third-order valence-electron chi connectivity index (χ3n) is 8.83. The van der Waals surface area contributed by atoms with Crippen molar-refractivity contribution in [3.05, 3.63) is 127 Å². The zero-order chi connectivity index (χ0) is 46.3. The maximum atomic E-state index is 14.4. The molecule has 0 aliphatic rings. The number of sulfone groups is 2. The number of carbonyl (C=O) groups is 2. The number of hydrogen-bond donors (Lipinski definition) is 2. The monoisotopic (exact) mass is 904 g/mol. The summed E-state index contributed by atoms with van der Waals surface area (Å²) in [7, 11) is -6.60. The van der Waals surface area contributed by atoms with E-state index in [1.807, 2.05) is 41.5 Å². The quantitative estimate of drug-likeness (QED) is 0.108. The van der Waals surface area contributed by atoms with Crippen molar-refractivity contribution in [1.29, 1.82) is 0 Å². The van der Waals surface area contributed by atoms with E-state index >= 15 is 0 Å². The van der Waals surface area contributed by atoms with Crippen molar-refractivity contribution in [3.8, 4) is 17.3 Å². The fraction of sp³-hybridized carbons (Fsp3) is 0.302. The summed E-state index contributed by atoms with van der Waals surface area (Å²) in [6.07, 6.45) is 0.489. The van der Waals surface area contributed by atoms with E-state index in [9.17, 15) is 41.0 Å². The van der Waals surface area contributed by atoms with Gasteiger partial charge in [0.15, 0.2) is 10.1 Å². The summed E-state index contributed by atoms with van der Waals surface area (Å²) in [6.45, 7) is 11.7. The summed E-state index contributed by atoms with van der Waals surface area (Å²) >= 11 is 0. The van der Waals surface area contributed by atoms with Gasteiger partial charge in [0, 0.05) is 37.6 Å². The molecule has 0 aliphatic heterocycles. The first-order valence-corrected chi connectivity index (χ1v) is 22.3. The van der Waals surface area contributed by atoms with Crippen LogP contribution in [0, 0.1) is 16.8 Å². The molecular weight excluding hydrogens is 856 g/mol. The molecule has 6 rings (SSSR count). The van der Waals surface area contributed by atoms with E-state index in [0.717, 1.165) is 9.58 Å². The summed E-state index contributed by atoms with van der Waals surface area (Å²) < 4.78 is 75.3. The van der Waals surface area contributed by atoms with Crippen LogP contribution in [-0.2, 0) is 32.8 Å². The zero-order valence-electron chi connectivity index (χ0n) is 35.7. The lowest BCUT2D eigenvalue weighted by molar-refractivity contribution is 0.121. The highest BCUT2D eigenvalue weighted by molar-refractivity contribution is 7.91. The summed E-state index contributed by atoms with van der Waals surface area (Å²) in [5.74, 6) is -0.706. The molecule has 334 valence electrons. The summed E-state index contributed by atoms with van der Waals surface area (Å²) in [5, 5.41) is 27.5. The van der Waals surface area contributed by atoms with Crippen molar-refractivity contribution in [2.24, 2.45) is 10.8 Å². The Hall–Kier alpha value is -6.67. The van der Waals surface area contributed by atoms with E-state index in [1.54, 1.807) is 48.5 Å². The average molecular weight is 905 g/mol. The van der Waals surface area contributed by atoms with Crippen LogP contribution in [0.5, 0.6) is 5.88 Å². The van der Waals surface area contributed by atoms with Gasteiger partial charge in [-0.3, -0.25) is 0 Å². The number of aromatic nitrogens is 6. The molecule has 0 atom stereocenters. The van der Waals surface area contributed by atoms with Gasteiger partial charge in [-0.15, -0.1) is 0 Å². The Bertz CT molecular complexity index is 2770. The first-order valence-electron chi connectivity index (χ1n) is 19.4. The molecule has 2 aromatic carbocycles. The normalized spacial score (nSPS) is 11.9. The second-order valence-electron chi connectivity index (χ2n) is 16.6. The molecule has 4 heterocycles. The summed E-state index contributed by atoms with van der Waals surface area (Å²) in [6, 6.07) is 24.4. The number of rotatable bonds is 13. The van der Waals surface area contributed by atoms with Crippen molar-refractivity contribution < 1.29 is 45.8 Å². The van der Waals surface area contributed by atoms with Crippen LogP contribution in [0.1, 0.15) is 52.9 Å². The largest absolute Gasteiger partial charge is 0.479 e. The molecule has 63 heavy (non-hydrogen) atoms. The number of ether oxygens (including phenoxy) is 1. The van der Waals surface area contributed by atoms with Crippen LogP contribution in [0.2, 0.25) is 0 Å². The zero-order valence-corrected chi connectivity index (χ0v) is 37.4. The number of benzene rings is 2. The Morgan fingerprint density at radius 3 is 1.41 bits per heavy atom. The molecule has 4 aromatic heterocycles. The Morgan fingerprint density at radius 2 is 1.03 bits per heavy atom. The van der Waals surface area contributed by atoms with Gasteiger partial charge >= 0.3 is 12.2 Å². The van der Waals surface area contributed by atoms with Gasteiger partial charge in [0.05, 0.1) is 41.4 Å². The average Bonchev–Trinajstić information content (AvgIpc) is 3.86. The van der Waals surface area contributed by atoms with Crippen molar-refractivity contribution in [1.82, 2.24) is 39.3 Å². The smallest absolute Gasteiger partial charge is 0.407 e. The lowest BCUT2D eigenvalue weighted by atomic mass is 9.96. The first kappa shape index (κ1) is 47.4. The van der Waals surface area contributed by atoms with Gasteiger partial charge in [-0.05, 0) is 59.4 Å². The van der Waals surface area contributed by atoms with Crippen LogP contribution in [0.15, 0.2) is 129 Å². The predicted molar refractivity (Wildman–Crippen MR) is 229 cm³/mol. The maximum Gasteiger partial charge on any atom is 0.407 e. The van der Waals surface area contributed by atoms with Crippen LogP contribution in [0.4, 0.5) is 14.0 Å². The molecule has 0 saturated heterocycles. The minimum Gasteiger partial charge on any atom is -0.479 e. The van der Waals surface area contributed by atoms with Crippen LogP contribution < -0.4 is 4.74 Å². The van der Waals surface area contributed by atoms with Gasteiger partial charge in [0.2, 0.25) is 31.5 Å². The molecule has 0 unspecified atom stereocenters. The Kier molecular flexibility index (Phi) is 14.4. The van der Waals surface area contributed by atoms with Crippen LogP contribution in [-0.4, -0.2) is 98.8 Å². The highest BCUT2D eigenvalue weighted by Crippen LogP contribution is 2.30. The third-order valence-corrected chi connectivity index (χ3v) is 12.3. The molecule has 17 nitrogen and oxygen atoms in total. The summed E-state index contributed by atoms with van der Waals surface area (Å²) in [4.78, 5) is 33.7. The van der Waals surface area contributed by atoms with E-state index < -0.39 is 37.8 Å². The Morgan fingerprint density at radius 1 is 0.635 bits per heavy atom. The molecule has 0 aliphatic carbocycles. The predicted octanol–water partition coefficient (Wildman–Crippen LogP) is 7.40. The first-order chi connectivity index (χ1) is 29.5. The maximum absolute atomic E-state index is 14.4. The van der Waals surface area contributed by atoms with Gasteiger partial charge < -0.3 is 24.7 Å². The molecule has 0 spiro atoms. The summed E-state index contributed by atoms with van der Waals surface area (Å²) in [5.41, 5.74) is 0.0258. The number of carboxylic acid groups (broad SMARTS) is 2. The van der Waals surface area contributed by atoms with E-state index in [4.69, 9.17) is 4.74 Å². The molecule has 0 saturated carbocycles. The molecule has 2 N–H and O–H groups in total. The molecule has 6 aromatic rings. The van der Waals surface area contributed by atoms with Gasteiger partial charge in [0.25, 0.3) is 0 Å². The molecule has 20 heteroatoms. The topological polar surface area (TPSA) is 220 Å². The van der Waals surface area contributed by atoms with E-state index in [0.29, 0.717) is 5.69 Å². The standard InChI is InChI=1S/C22H26N4O5S.C21H23FN4O4S/c1-22(2,3)15-25(21(27)28)14-16-13-19(32(29,30)17-9-6-5-7-10-17)26(24-16)18-11-8-12-23-20(18)31-4;1-21(2,3)14-25(20(27)28)13-15-12-18(31(29,30)16-8-5-4-6-9-16)26(24-15)17-10-7-11-23-19(17)22/h5-13H,14-15H2,1-4H3,(H,27,28);4-12H,13-14H2,1-3H3,(H,27,28). The van der Waals surface area contributed by atoms with Crippen molar-refractivity contribution >= 4 is 31.9 Å². The number of hydrogen-bond acceptors (Lipinski definition) is 11. The van der Waals surface area contributed by atoms with Crippen molar-refractivity contribution in [2.75, 3.05) is 20.2 Å². The van der Waals surface area contributed by atoms with E-state index in [2.05, 4.69) is 20.2 Å². The highest BCUT2D eigenvalue weighted by Gasteiger charge is 2.30. The van der Waals surface area contributed by atoms with Crippen LogP contribution in [0.3, 0.4) is 0 Å². The minimum absolute atomic E-state index is 0.0109. The Labute approximate surface area is 365 Å². The molecule has 0 fully saturated rings. The van der Waals surface area contributed by atoms with Gasteiger partial charge in [-0.25, -0.2) is 45.8 Å². The van der Waals surface area contributed by atoms with E-state index in [-0.39, 0.29) is 79.8 Å². The minimum atomic E-state index is -4.06. The lowest BCUT2D eigenvalue weighted by Crippen LogP contribution is -2.36. The highest BCUT2D eigenvalue weighted by atomic mass is 32.2. The fourth-order valence-corrected chi connectivity index (χ4v) is 9.13. The Balaban J connectivity index is 0.000000238. The number of pyridine rings is 2. The lowest BCUT2D eigenvalue weighted by Gasteiger charge is -2.27. The van der Waals surface area contributed by atoms with Gasteiger partial charge in [-0.1, -0.05) is 77.9 Å². The molecule has 0 bridgehead atoms. The van der Waals surface area contributed by atoms with Crippen molar-refractivity contribution in [2.45, 2.75) is 74.5 Å². The third kappa shape index (κ3) is 11.8. The van der Waals surface area contributed by atoms with Gasteiger partial charge in [-0.2, -0.15) is 14.6 Å². The second-order valence-corrected chi connectivity index (χ2v) is 20.4.